The zero-order valence-corrected chi connectivity index (χ0v) is 28.8. The number of carbonyl (C=O) groups excluding carboxylic acids is 3. The number of nitrogens with zero attached hydrogens (tertiary/aromatic N) is 7. The van der Waals surface area contributed by atoms with E-state index in [-0.39, 0.29) is 23.8 Å². The van der Waals surface area contributed by atoms with Gasteiger partial charge < -0.3 is 24.5 Å². The first-order valence-electron chi connectivity index (χ1n) is 18.1. The first-order valence-corrected chi connectivity index (χ1v) is 18.1. The van der Waals surface area contributed by atoms with Gasteiger partial charge in [0.15, 0.2) is 0 Å². The first kappa shape index (κ1) is 33.2. The summed E-state index contributed by atoms with van der Waals surface area (Å²) >= 11 is 0. The largest absolute Gasteiger partial charge is 0.342 e. The second-order valence-corrected chi connectivity index (χ2v) is 14.1. The minimum atomic E-state index is 0.0145. The lowest BCUT2D eigenvalue weighted by molar-refractivity contribution is -0.138. The Hall–Kier alpha value is -4.28. The van der Waals surface area contributed by atoms with Crippen molar-refractivity contribution in [3.63, 3.8) is 0 Å². The number of carbonyl (C=O) groups is 3. The highest BCUT2D eigenvalue weighted by molar-refractivity contribution is 5.96. The molecular formula is C39H49N7O3. The van der Waals surface area contributed by atoms with Crippen molar-refractivity contribution in [2.24, 2.45) is 5.92 Å². The highest BCUT2D eigenvalue weighted by Gasteiger charge is 2.35. The standard InChI is InChI=1S/C39H49N7O3/c1-41-20-22-46(23-21-41)39(49)45-16-12-32(13-17-45)37(47)43-18-14-34(15-19-43)42-24-26-44(27-25-42)38(48)33-28-35(30-8-4-2-5-9-30)40-36(29-33)31-10-6-3-7-11-31/h2-11,28-29,32,34H,12-27H2,1H3. The number of aromatic nitrogens is 1. The number of amides is 4. The normalized spacial score (nSPS) is 20.4. The van der Waals surface area contributed by atoms with Crippen molar-refractivity contribution in [1.29, 1.82) is 0 Å². The Bertz CT molecular complexity index is 1530. The molecule has 0 unspecified atom stereocenters. The first-order chi connectivity index (χ1) is 23.9. The molecular weight excluding hydrogens is 614 g/mol. The number of pyridine rings is 1. The maximum Gasteiger partial charge on any atom is 0.320 e. The second kappa shape index (κ2) is 15.1. The van der Waals surface area contributed by atoms with E-state index in [0.717, 1.165) is 101 Å². The van der Waals surface area contributed by atoms with Crippen LogP contribution in [-0.4, -0.2) is 144 Å². The molecule has 0 saturated carbocycles. The fourth-order valence-corrected chi connectivity index (χ4v) is 7.87. The summed E-state index contributed by atoms with van der Waals surface area (Å²) < 4.78 is 0. The van der Waals surface area contributed by atoms with Gasteiger partial charge in [-0.3, -0.25) is 14.5 Å². The lowest BCUT2D eigenvalue weighted by atomic mass is 9.93. The Balaban J connectivity index is 0.897. The Labute approximate surface area is 290 Å². The number of urea groups is 1. The number of hydrogen-bond donors (Lipinski definition) is 0. The monoisotopic (exact) mass is 663 g/mol. The van der Waals surface area contributed by atoms with Gasteiger partial charge in [-0.1, -0.05) is 60.7 Å². The van der Waals surface area contributed by atoms with Crippen molar-refractivity contribution in [2.75, 3.05) is 85.6 Å². The van der Waals surface area contributed by atoms with Crippen molar-refractivity contribution < 1.29 is 14.4 Å². The van der Waals surface area contributed by atoms with Crippen molar-refractivity contribution in [2.45, 2.75) is 31.7 Å². The van der Waals surface area contributed by atoms with Crippen LogP contribution in [0.25, 0.3) is 22.5 Å². The van der Waals surface area contributed by atoms with E-state index in [1.807, 2.05) is 87.5 Å². The summed E-state index contributed by atoms with van der Waals surface area (Å²) in [5.41, 5.74) is 4.25. The third-order valence-electron chi connectivity index (χ3n) is 11.0. The van der Waals surface area contributed by atoms with Gasteiger partial charge in [-0.15, -0.1) is 0 Å². The molecule has 10 heteroatoms. The molecule has 0 N–H and O–H groups in total. The van der Waals surface area contributed by atoms with Crippen molar-refractivity contribution in [3.05, 3.63) is 78.4 Å². The number of piperidine rings is 2. The molecule has 4 saturated heterocycles. The van der Waals surface area contributed by atoms with Crippen molar-refractivity contribution in [3.8, 4) is 22.5 Å². The van der Waals surface area contributed by atoms with Gasteiger partial charge in [0, 0.05) is 107 Å². The molecule has 5 heterocycles. The van der Waals surface area contributed by atoms with Gasteiger partial charge in [0.1, 0.15) is 0 Å². The molecule has 1 aromatic heterocycles. The van der Waals surface area contributed by atoms with Gasteiger partial charge in [-0.2, -0.15) is 0 Å². The fraction of sp³-hybridized carbons (Fsp3) is 0.487. The molecule has 0 atom stereocenters. The molecule has 0 aliphatic carbocycles. The third-order valence-corrected chi connectivity index (χ3v) is 11.0. The Morgan fingerprint density at radius 2 is 1.06 bits per heavy atom. The van der Waals surface area contributed by atoms with E-state index in [1.54, 1.807) is 0 Å². The Morgan fingerprint density at radius 1 is 0.571 bits per heavy atom. The Morgan fingerprint density at radius 3 is 1.61 bits per heavy atom. The average molecular weight is 664 g/mol. The summed E-state index contributed by atoms with van der Waals surface area (Å²) in [6, 6.07) is 24.5. The van der Waals surface area contributed by atoms with Gasteiger partial charge in [-0.25, -0.2) is 9.78 Å². The zero-order chi connectivity index (χ0) is 33.7. The number of likely N-dealkylation sites (N-methyl/N-ethyl adjacent to an activating group) is 1. The van der Waals surface area contributed by atoms with Crippen LogP contribution in [0.1, 0.15) is 36.0 Å². The lowest BCUT2D eigenvalue weighted by Crippen LogP contribution is -2.56. The van der Waals surface area contributed by atoms with Crippen molar-refractivity contribution in [1.82, 2.24) is 34.4 Å². The van der Waals surface area contributed by atoms with Gasteiger partial charge in [-0.05, 0) is 44.9 Å². The maximum atomic E-state index is 13.9. The van der Waals surface area contributed by atoms with E-state index in [2.05, 4.69) is 21.7 Å². The smallest absolute Gasteiger partial charge is 0.320 e. The van der Waals surface area contributed by atoms with Crippen molar-refractivity contribution >= 4 is 17.8 Å². The summed E-state index contributed by atoms with van der Waals surface area (Å²) in [6.07, 6.45) is 3.44. The summed E-state index contributed by atoms with van der Waals surface area (Å²) in [5, 5.41) is 0. The van der Waals surface area contributed by atoms with Crippen LogP contribution < -0.4 is 0 Å². The van der Waals surface area contributed by atoms with Gasteiger partial charge in [0.2, 0.25) is 5.91 Å². The van der Waals surface area contributed by atoms with Crippen LogP contribution >= 0.6 is 0 Å². The van der Waals surface area contributed by atoms with Crippen LogP contribution in [0, 0.1) is 5.92 Å². The van der Waals surface area contributed by atoms with Crippen LogP contribution in [0.2, 0.25) is 0 Å². The molecule has 4 amide bonds. The van der Waals surface area contributed by atoms with E-state index >= 15 is 0 Å². The average Bonchev–Trinajstić information content (AvgIpc) is 3.18. The molecule has 258 valence electrons. The molecule has 2 aromatic carbocycles. The summed E-state index contributed by atoms with van der Waals surface area (Å²) in [6.45, 7) is 9.36. The van der Waals surface area contributed by atoms with Crippen LogP contribution in [0.3, 0.4) is 0 Å². The minimum absolute atomic E-state index is 0.0145. The predicted molar refractivity (Wildman–Crippen MR) is 191 cm³/mol. The topological polar surface area (TPSA) is 83.5 Å². The van der Waals surface area contributed by atoms with Crippen LogP contribution in [0.15, 0.2) is 72.8 Å². The number of benzene rings is 2. The number of likely N-dealkylation sites (tertiary alicyclic amines) is 2. The molecule has 0 radical (unpaired) electrons. The van der Waals surface area contributed by atoms with Crippen LogP contribution in [0.4, 0.5) is 4.79 Å². The van der Waals surface area contributed by atoms with Gasteiger partial charge in [0.05, 0.1) is 11.4 Å². The molecule has 4 aliphatic heterocycles. The third kappa shape index (κ3) is 7.65. The van der Waals surface area contributed by atoms with E-state index in [9.17, 15) is 14.4 Å². The van der Waals surface area contributed by atoms with Crippen LogP contribution in [0.5, 0.6) is 0 Å². The van der Waals surface area contributed by atoms with E-state index in [0.29, 0.717) is 37.8 Å². The Kier molecular flexibility index (Phi) is 10.2. The van der Waals surface area contributed by atoms with E-state index in [1.165, 1.54) is 0 Å². The number of rotatable bonds is 5. The highest BCUT2D eigenvalue weighted by atomic mass is 16.2. The molecule has 10 nitrogen and oxygen atoms in total. The maximum absolute atomic E-state index is 13.9. The second-order valence-electron chi connectivity index (χ2n) is 14.1. The molecule has 3 aromatic rings. The molecule has 0 bridgehead atoms. The lowest BCUT2D eigenvalue weighted by Gasteiger charge is -2.44. The zero-order valence-electron chi connectivity index (χ0n) is 28.8. The summed E-state index contributed by atoms with van der Waals surface area (Å²) in [7, 11) is 2.09. The molecule has 7 rings (SSSR count). The summed E-state index contributed by atoms with van der Waals surface area (Å²) in [4.78, 5) is 58.0. The summed E-state index contributed by atoms with van der Waals surface area (Å²) in [5.74, 6) is 0.330. The highest BCUT2D eigenvalue weighted by Crippen LogP contribution is 2.28. The molecule has 4 aliphatic rings. The molecule has 0 spiro atoms. The SMILES string of the molecule is CN1CCN(C(=O)N2CCC(C(=O)N3CCC(N4CCN(C(=O)c5cc(-c6ccccc6)nc(-c6ccccc6)c5)CC4)CC3)CC2)CC1. The minimum Gasteiger partial charge on any atom is -0.342 e. The van der Waals surface area contributed by atoms with Gasteiger partial charge in [0.25, 0.3) is 5.91 Å². The molecule has 49 heavy (non-hydrogen) atoms. The van der Waals surface area contributed by atoms with Gasteiger partial charge >= 0.3 is 6.03 Å². The van der Waals surface area contributed by atoms with E-state index in [4.69, 9.17) is 4.98 Å². The molecule has 4 fully saturated rings. The quantitative estimate of drug-likeness (QED) is 0.406. The van der Waals surface area contributed by atoms with E-state index < -0.39 is 0 Å². The van der Waals surface area contributed by atoms with Crippen LogP contribution in [-0.2, 0) is 4.79 Å². The number of piperazine rings is 2. The predicted octanol–water partition coefficient (Wildman–Crippen LogP) is 4.24. The fourth-order valence-electron chi connectivity index (χ4n) is 7.87. The number of hydrogen-bond acceptors (Lipinski definition) is 6.